The molecule has 1 aromatic rings. The Morgan fingerprint density at radius 1 is 1.50 bits per heavy atom. The first-order valence-corrected chi connectivity index (χ1v) is 5.94. The lowest BCUT2D eigenvalue weighted by atomic mass is 9.68. The number of carboxylic acid groups (broad SMARTS) is 1. The molecular formula is C13H16N2O3. The van der Waals surface area contributed by atoms with Crippen LogP contribution in [0.4, 0.5) is 0 Å². The van der Waals surface area contributed by atoms with Gasteiger partial charge in [-0.3, -0.25) is 14.6 Å². The largest absolute Gasteiger partial charge is 0.480 e. The van der Waals surface area contributed by atoms with E-state index in [1.165, 1.54) is 4.90 Å². The molecule has 0 unspecified atom stereocenters. The SMILES string of the molecule is CN(Cc1cccnc1)C(=O)C1(C(=O)O)CCC1. The smallest absolute Gasteiger partial charge is 0.319 e. The Morgan fingerprint density at radius 2 is 2.22 bits per heavy atom. The van der Waals surface area contributed by atoms with E-state index in [1.807, 2.05) is 6.07 Å². The summed E-state index contributed by atoms with van der Waals surface area (Å²) in [5.74, 6) is -1.30. The molecule has 0 radical (unpaired) electrons. The first-order valence-electron chi connectivity index (χ1n) is 5.94. The quantitative estimate of drug-likeness (QED) is 0.815. The lowest BCUT2D eigenvalue weighted by Crippen LogP contribution is -2.51. The summed E-state index contributed by atoms with van der Waals surface area (Å²) in [7, 11) is 1.64. The average molecular weight is 248 g/mol. The van der Waals surface area contributed by atoms with Gasteiger partial charge in [0.2, 0.25) is 5.91 Å². The Morgan fingerprint density at radius 3 is 2.67 bits per heavy atom. The molecule has 1 aliphatic rings. The molecule has 5 heteroatoms. The summed E-state index contributed by atoms with van der Waals surface area (Å²) in [6.45, 7) is 0.391. The van der Waals surface area contributed by atoms with Gasteiger partial charge in [0.25, 0.3) is 0 Å². The van der Waals surface area contributed by atoms with Gasteiger partial charge in [-0.2, -0.15) is 0 Å². The van der Waals surface area contributed by atoms with Crippen LogP contribution in [-0.4, -0.2) is 33.9 Å². The van der Waals surface area contributed by atoms with E-state index in [1.54, 1.807) is 25.5 Å². The van der Waals surface area contributed by atoms with Crippen molar-refractivity contribution in [3.8, 4) is 0 Å². The molecule has 1 N–H and O–H groups in total. The lowest BCUT2D eigenvalue weighted by molar-refractivity contribution is -0.167. The second kappa shape index (κ2) is 4.76. The highest BCUT2D eigenvalue weighted by molar-refractivity contribution is 6.02. The van der Waals surface area contributed by atoms with Gasteiger partial charge in [-0.15, -0.1) is 0 Å². The predicted molar refractivity (Wildman–Crippen MR) is 64.6 cm³/mol. The van der Waals surface area contributed by atoms with Gasteiger partial charge in [0, 0.05) is 26.0 Å². The molecule has 1 aromatic heterocycles. The molecule has 1 heterocycles. The van der Waals surface area contributed by atoms with E-state index in [0.717, 1.165) is 12.0 Å². The fraction of sp³-hybridized carbons (Fsp3) is 0.462. The van der Waals surface area contributed by atoms with E-state index in [4.69, 9.17) is 0 Å². The molecule has 18 heavy (non-hydrogen) atoms. The lowest BCUT2D eigenvalue weighted by Gasteiger charge is -2.38. The predicted octanol–water partition coefficient (Wildman–Crippen LogP) is 1.29. The van der Waals surface area contributed by atoms with Crippen LogP contribution < -0.4 is 0 Å². The molecule has 2 rings (SSSR count). The Balaban J connectivity index is 2.07. The third kappa shape index (κ3) is 2.08. The van der Waals surface area contributed by atoms with E-state index >= 15 is 0 Å². The van der Waals surface area contributed by atoms with Gasteiger partial charge in [-0.1, -0.05) is 12.5 Å². The van der Waals surface area contributed by atoms with Crippen LogP contribution in [-0.2, 0) is 16.1 Å². The highest BCUT2D eigenvalue weighted by atomic mass is 16.4. The fourth-order valence-electron chi connectivity index (χ4n) is 2.25. The number of rotatable bonds is 4. The van der Waals surface area contributed by atoms with Crippen molar-refractivity contribution >= 4 is 11.9 Å². The van der Waals surface area contributed by atoms with E-state index in [9.17, 15) is 14.7 Å². The molecule has 0 atom stereocenters. The van der Waals surface area contributed by atoms with E-state index in [-0.39, 0.29) is 5.91 Å². The van der Waals surface area contributed by atoms with Crippen LogP contribution in [0.1, 0.15) is 24.8 Å². The molecule has 0 bridgehead atoms. The number of carbonyl (C=O) groups is 2. The summed E-state index contributed by atoms with van der Waals surface area (Å²) in [6.07, 6.45) is 5.03. The van der Waals surface area contributed by atoms with Gasteiger partial charge in [0.05, 0.1) is 0 Å². The van der Waals surface area contributed by atoms with Gasteiger partial charge < -0.3 is 10.0 Å². The van der Waals surface area contributed by atoms with Crippen molar-refractivity contribution in [3.63, 3.8) is 0 Å². The van der Waals surface area contributed by atoms with Crippen LogP contribution in [0.15, 0.2) is 24.5 Å². The molecule has 0 aliphatic heterocycles. The topological polar surface area (TPSA) is 70.5 Å². The van der Waals surface area contributed by atoms with Crippen molar-refractivity contribution < 1.29 is 14.7 Å². The van der Waals surface area contributed by atoms with E-state index in [0.29, 0.717) is 19.4 Å². The number of aliphatic carboxylic acids is 1. The minimum Gasteiger partial charge on any atom is -0.480 e. The van der Waals surface area contributed by atoms with E-state index < -0.39 is 11.4 Å². The minimum absolute atomic E-state index is 0.301. The molecule has 0 saturated heterocycles. The van der Waals surface area contributed by atoms with Crippen LogP contribution >= 0.6 is 0 Å². The number of carboxylic acids is 1. The molecule has 96 valence electrons. The summed E-state index contributed by atoms with van der Waals surface area (Å²) >= 11 is 0. The maximum atomic E-state index is 12.2. The maximum absolute atomic E-state index is 12.2. The van der Waals surface area contributed by atoms with Crippen LogP contribution in [0.2, 0.25) is 0 Å². The maximum Gasteiger partial charge on any atom is 0.319 e. The van der Waals surface area contributed by atoms with Gasteiger partial charge >= 0.3 is 5.97 Å². The van der Waals surface area contributed by atoms with Crippen LogP contribution in [0, 0.1) is 5.41 Å². The minimum atomic E-state index is -1.18. The first kappa shape index (κ1) is 12.5. The fourth-order valence-corrected chi connectivity index (χ4v) is 2.25. The monoisotopic (exact) mass is 248 g/mol. The third-order valence-electron chi connectivity index (χ3n) is 3.52. The number of pyridine rings is 1. The van der Waals surface area contributed by atoms with Crippen LogP contribution in [0.5, 0.6) is 0 Å². The van der Waals surface area contributed by atoms with Gasteiger partial charge in [0.1, 0.15) is 5.41 Å². The van der Waals surface area contributed by atoms with Gasteiger partial charge in [0.15, 0.2) is 0 Å². The summed E-state index contributed by atoms with van der Waals surface area (Å²) in [4.78, 5) is 28.9. The molecule has 0 aromatic carbocycles. The molecule has 1 fully saturated rings. The van der Waals surface area contributed by atoms with Gasteiger partial charge in [-0.25, -0.2) is 0 Å². The normalized spacial score (nSPS) is 16.7. The van der Waals surface area contributed by atoms with Crippen LogP contribution in [0.25, 0.3) is 0 Å². The number of amides is 1. The van der Waals surface area contributed by atoms with Crippen molar-refractivity contribution in [2.24, 2.45) is 5.41 Å². The Bertz CT molecular complexity index is 455. The zero-order valence-corrected chi connectivity index (χ0v) is 10.3. The number of carbonyl (C=O) groups excluding carboxylic acids is 1. The number of hydrogen-bond donors (Lipinski definition) is 1. The standard InChI is InChI=1S/C13H16N2O3/c1-15(9-10-4-2-7-14-8-10)11(16)13(12(17)18)5-3-6-13/h2,4,7-8H,3,5-6,9H2,1H3,(H,17,18). The number of nitrogens with zero attached hydrogens (tertiary/aromatic N) is 2. The Labute approximate surface area is 105 Å². The van der Waals surface area contributed by atoms with Crippen molar-refractivity contribution in [1.29, 1.82) is 0 Å². The zero-order valence-electron chi connectivity index (χ0n) is 10.3. The average Bonchev–Trinajstić information content (AvgIpc) is 2.28. The molecular weight excluding hydrogens is 232 g/mol. The Hall–Kier alpha value is -1.91. The summed E-state index contributed by atoms with van der Waals surface area (Å²) in [5.41, 5.74) is -0.287. The molecule has 5 nitrogen and oxygen atoms in total. The highest BCUT2D eigenvalue weighted by Gasteiger charge is 2.52. The van der Waals surface area contributed by atoms with E-state index in [2.05, 4.69) is 4.98 Å². The second-order valence-corrected chi connectivity index (χ2v) is 4.76. The second-order valence-electron chi connectivity index (χ2n) is 4.76. The van der Waals surface area contributed by atoms with Crippen molar-refractivity contribution in [3.05, 3.63) is 30.1 Å². The van der Waals surface area contributed by atoms with Crippen LogP contribution in [0.3, 0.4) is 0 Å². The number of hydrogen-bond acceptors (Lipinski definition) is 3. The van der Waals surface area contributed by atoms with Crippen molar-refractivity contribution in [1.82, 2.24) is 9.88 Å². The molecule has 1 amide bonds. The first-order chi connectivity index (χ1) is 8.56. The zero-order chi connectivity index (χ0) is 13.2. The summed E-state index contributed by atoms with van der Waals surface area (Å²) in [6, 6.07) is 3.66. The third-order valence-corrected chi connectivity index (χ3v) is 3.52. The molecule has 1 aliphatic carbocycles. The molecule has 0 spiro atoms. The highest BCUT2D eigenvalue weighted by Crippen LogP contribution is 2.42. The summed E-state index contributed by atoms with van der Waals surface area (Å²) < 4.78 is 0. The molecule has 1 saturated carbocycles. The Kier molecular flexibility index (Phi) is 3.32. The van der Waals surface area contributed by atoms with Gasteiger partial charge in [-0.05, 0) is 24.5 Å². The number of aromatic nitrogens is 1. The van der Waals surface area contributed by atoms with Crippen molar-refractivity contribution in [2.75, 3.05) is 7.05 Å². The summed E-state index contributed by atoms with van der Waals surface area (Å²) in [5, 5.41) is 9.21. The van der Waals surface area contributed by atoms with Crippen molar-refractivity contribution in [2.45, 2.75) is 25.8 Å².